The number of hydrogen-bond acceptors (Lipinski definition) is 3. The summed E-state index contributed by atoms with van der Waals surface area (Å²) in [5, 5.41) is 20.7. The molecule has 2 rings (SSSR count). The van der Waals surface area contributed by atoms with Gasteiger partial charge in [0.1, 0.15) is 0 Å². The molecule has 1 aromatic carbocycles. The minimum absolute atomic E-state index is 0.188. The van der Waals surface area contributed by atoms with Crippen molar-refractivity contribution in [1.29, 1.82) is 5.26 Å². The van der Waals surface area contributed by atoms with Gasteiger partial charge < -0.3 is 10.4 Å². The maximum absolute atomic E-state index is 12.2. The van der Waals surface area contributed by atoms with Crippen molar-refractivity contribution < 1.29 is 14.7 Å². The summed E-state index contributed by atoms with van der Waals surface area (Å²) in [6, 6.07) is 9.00. The van der Waals surface area contributed by atoms with E-state index in [0.717, 1.165) is 18.4 Å². The fourth-order valence-corrected chi connectivity index (χ4v) is 2.76. The zero-order valence-corrected chi connectivity index (χ0v) is 11.7. The maximum atomic E-state index is 12.2. The van der Waals surface area contributed by atoms with Gasteiger partial charge in [-0.2, -0.15) is 5.26 Å². The second-order valence-corrected chi connectivity index (χ2v) is 5.36. The van der Waals surface area contributed by atoms with Gasteiger partial charge in [0.25, 0.3) is 0 Å². The molecule has 1 aliphatic carbocycles. The Morgan fingerprint density at radius 1 is 1.19 bits per heavy atom. The first-order valence-electron chi connectivity index (χ1n) is 7.11. The van der Waals surface area contributed by atoms with E-state index in [1.165, 1.54) is 0 Å². The number of nitriles is 1. The molecular formula is C16H18N2O3. The lowest BCUT2D eigenvalue weighted by atomic mass is 9.78. The van der Waals surface area contributed by atoms with E-state index in [2.05, 4.69) is 5.32 Å². The van der Waals surface area contributed by atoms with E-state index in [1.54, 1.807) is 24.3 Å². The normalized spacial score (nSPS) is 21.3. The summed E-state index contributed by atoms with van der Waals surface area (Å²) in [6.07, 6.45) is 2.98. The molecule has 2 unspecified atom stereocenters. The topological polar surface area (TPSA) is 90.2 Å². The van der Waals surface area contributed by atoms with Crippen molar-refractivity contribution in [2.75, 3.05) is 0 Å². The van der Waals surface area contributed by atoms with Crippen molar-refractivity contribution in [3.8, 4) is 6.07 Å². The SMILES string of the molecule is N#Cc1ccc(CNC(=O)C2CCCCC2C(=O)O)cc1. The lowest BCUT2D eigenvalue weighted by Crippen LogP contribution is -2.39. The summed E-state index contributed by atoms with van der Waals surface area (Å²) in [6.45, 7) is 0.355. The molecule has 2 N–H and O–H groups in total. The van der Waals surface area contributed by atoms with E-state index in [0.29, 0.717) is 24.9 Å². The number of hydrogen-bond donors (Lipinski definition) is 2. The summed E-state index contributed by atoms with van der Waals surface area (Å²) in [7, 11) is 0. The number of carboxylic acids is 1. The van der Waals surface area contributed by atoms with Crippen molar-refractivity contribution in [3.05, 3.63) is 35.4 Å². The summed E-state index contributed by atoms with van der Waals surface area (Å²) < 4.78 is 0. The van der Waals surface area contributed by atoms with Crippen molar-refractivity contribution in [3.63, 3.8) is 0 Å². The number of benzene rings is 1. The molecule has 1 saturated carbocycles. The van der Waals surface area contributed by atoms with Gasteiger partial charge in [-0.05, 0) is 30.5 Å². The van der Waals surface area contributed by atoms with Crippen LogP contribution < -0.4 is 5.32 Å². The predicted molar refractivity (Wildman–Crippen MR) is 76.1 cm³/mol. The van der Waals surface area contributed by atoms with Crippen molar-refractivity contribution in [1.82, 2.24) is 5.32 Å². The molecule has 1 fully saturated rings. The van der Waals surface area contributed by atoms with Gasteiger partial charge in [0.2, 0.25) is 5.91 Å². The van der Waals surface area contributed by atoms with Crippen LogP contribution in [0.1, 0.15) is 36.8 Å². The van der Waals surface area contributed by atoms with Crippen LogP contribution in [-0.2, 0) is 16.1 Å². The van der Waals surface area contributed by atoms with E-state index in [1.807, 2.05) is 6.07 Å². The fraction of sp³-hybridized carbons (Fsp3) is 0.438. The molecule has 1 aliphatic rings. The largest absolute Gasteiger partial charge is 0.481 e. The Hall–Kier alpha value is -2.35. The van der Waals surface area contributed by atoms with Crippen LogP contribution in [0.15, 0.2) is 24.3 Å². The molecular weight excluding hydrogens is 268 g/mol. The standard InChI is InChI=1S/C16H18N2O3/c17-9-11-5-7-12(8-6-11)10-18-15(19)13-3-1-2-4-14(13)16(20)21/h5-8,13-14H,1-4,10H2,(H,18,19)(H,20,21). The van der Waals surface area contributed by atoms with E-state index < -0.39 is 17.8 Å². The second-order valence-electron chi connectivity index (χ2n) is 5.36. The molecule has 0 bridgehead atoms. The Kier molecular flexibility index (Phi) is 4.94. The first-order chi connectivity index (χ1) is 10.1. The van der Waals surface area contributed by atoms with Crippen LogP contribution in [0, 0.1) is 23.2 Å². The van der Waals surface area contributed by atoms with Crippen LogP contribution in [0.4, 0.5) is 0 Å². The molecule has 5 heteroatoms. The van der Waals surface area contributed by atoms with Crippen molar-refractivity contribution in [2.24, 2.45) is 11.8 Å². The van der Waals surface area contributed by atoms with Crippen LogP contribution in [0.3, 0.4) is 0 Å². The highest BCUT2D eigenvalue weighted by atomic mass is 16.4. The Bertz CT molecular complexity index is 560. The minimum Gasteiger partial charge on any atom is -0.481 e. The van der Waals surface area contributed by atoms with E-state index in [4.69, 9.17) is 5.26 Å². The lowest BCUT2D eigenvalue weighted by Gasteiger charge is -2.27. The van der Waals surface area contributed by atoms with Gasteiger partial charge in [0.05, 0.1) is 23.5 Å². The summed E-state index contributed by atoms with van der Waals surface area (Å²) >= 11 is 0. The number of carbonyl (C=O) groups excluding carboxylic acids is 1. The highest BCUT2D eigenvalue weighted by Crippen LogP contribution is 2.30. The third-order valence-corrected chi connectivity index (χ3v) is 3.97. The average molecular weight is 286 g/mol. The van der Waals surface area contributed by atoms with Crippen LogP contribution in [0.25, 0.3) is 0 Å². The molecule has 5 nitrogen and oxygen atoms in total. The molecule has 0 aromatic heterocycles. The number of carboxylic acid groups (broad SMARTS) is 1. The average Bonchev–Trinajstić information content (AvgIpc) is 2.53. The third kappa shape index (κ3) is 3.82. The molecule has 0 spiro atoms. The van der Waals surface area contributed by atoms with Gasteiger partial charge in [-0.3, -0.25) is 9.59 Å². The van der Waals surface area contributed by atoms with E-state index in [-0.39, 0.29) is 5.91 Å². The van der Waals surface area contributed by atoms with E-state index >= 15 is 0 Å². The fourth-order valence-electron chi connectivity index (χ4n) is 2.76. The van der Waals surface area contributed by atoms with Crippen LogP contribution in [0.5, 0.6) is 0 Å². The molecule has 2 atom stereocenters. The summed E-state index contributed by atoms with van der Waals surface area (Å²) in [5.41, 5.74) is 1.47. The smallest absolute Gasteiger partial charge is 0.307 e. The highest BCUT2D eigenvalue weighted by Gasteiger charge is 2.35. The number of nitrogens with zero attached hydrogens (tertiary/aromatic N) is 1. The zero-order chi connectivity index (χ0) is 15.2. The molecule has 110 valence electrons. The Morgan fingerprint density at radius 2 is 1.81 bits per heavy atom. The quantitative estimate of drug-likeness (QED) is 0.886. The zero-order valence-electron chi connectivity index (χ0n) is 11.7. The van der Waals surface area contributed by atoms with Crippen LogP contribution in [0.2, 0.25) is 0 Å². The lowest BCUT2D eigenvalue weighted by molar-refractivity contribution is -0.148. The number of carbonyl (C=O) groups is 2. The Balaban J connectivity index is 1.93. The third-order valence-electron chi connectivity index (χ3n) is 3.97. The van der Waals surface area contributed by atoms with Crippen LogP contribution >= 0.6 is 0 Å². The van der Waals surface area contributed by atoms with Gasteiger partial charge in [-0.15, -0.1) is 0 Å². The number of nitrogens with one attached hydrogen (secondary N) is 1. The van der Waals surface area contributed by atoms with Crippen LogP contribution in [-0.4, -0.2) is 17.0 Å². The number of rotatable bonds is 4. The predicted octanol–water partition coefficient (Wildman–Crippen LogP) is 2.07. The van der Waals surface area contributed by atoms with Gasteiger partial charge >= 0.3 is 5.97 Å². The minimum atomic E-state index is -0.881. The van der Waals surface area contributed by atoms with Gasteiger partial charge in [0.15, 0.2) is 0 Å². The monoisotopic (exact) mass is 286 g/mol. The first-order valence-corrected chi connectivity index (χ1v) is 7.11. The second kappa shape index (κ2) is 6.89. The number of amides is 1. The van der Waals surface area contributed by atoms with Crippen molar-refractivity contribution in [2.45, 2.75) is 32.2 Å². The van der Waals surface area contributed by atoms with E-state index in [9.17, 15) is 14.7 Å². The molecule has 21 heavy (non-hydrogen) atoms. The molecule has 1 amide bonds. The summed E-state index contributed by atoms with van der Waals surface area (Å²) in [4.78, 5) is 23.4. The Labute approximate surface area is 123 Å². The maximum Gasteiger partial charge on any atom is 0.307 e. The Morgan fingerprint density at radius 3 is 2.38 bits per heavy atom. The molecule has 1 aromatic rings. The van der Waals surface area contributed by atoms with Gasteiger partial charge in [-0.1, -0.05) is 25.0 Å². The summed E-state index contributed by atoms with van der Waals surface area (Å²) in [5.74, 6) is -2.07. The van der Waals surface area contributed by atoms with Crippen molar-refractivity contribution >= 4 is 11.9 Å². The first kappa shape index (κ1) is 15.0. The highest BCUT2D eigenvalue weighted by molar-refractivity contribution is 5.84. The molecule has 0 saturated heterocycles. The number of aliphatic carboxylic acids is 1. The van der Waals surface area contributed by atoms with Gasteiger partial charge in [-0.25, -0.2) is 0 Å². The molecule has 0 radical (unpaired) electrons. The van der Waals surface area contributed by atoms with Gasteiger partial charge in [0, 0.05) is 6.54 Å². The molecule has 0 heterocycles. The molecule has 0 aliphatic heterocycles.